The Kier molecular flexibility index (Phi) is 7.99. The van der Waals surface area contributed by atoms with Gasteiger partial charge in [0.15, 0.2) is 0 Å². The predicted octanol–water partition coefficient (Wildman–Crippen LogP) is 3.30. The van der Waals surface area contributed by atoms with Crippen molar-refractivity contribution in [1.29, 1.82) is 0 Å². The van der Waals surface area contributed by atoms with Crippen molar-refractivity contribution < 1.29 is 23.9 Å². The Morgan fingerprint density at radius 3 is 2.49 bits per heavy atom. The first-order chi connectivity index (χ1) is 18.6. The lowest BCUT2D eigenvalue weighted by Gasteiger charge is -2.39. The molecule has 1 unspecified atom stereocenters. The quantitative estimate of drug-likeness (QED) is 0.367. The Hall–Kier alpha value is -2.94. The molecule has 4 aliphatic rings. The second-order valence-corrected chi connectivity index (χ2v) is 12.6. The molecule has 2 aliphatic carbocycles. The minimum absolute atomic E-state index is 0.126. The van der Waals surface area contributed by atoms with Gasteiger partial charge in [-0.1, -0.05) is 18.9 Å². The number of esters is 1. The number of rotatable bonds is 9. The molecule has 212 valence electrons. The highest BCUT2D eigenvalue weighted by Gasteiger charge is 2.41. The third kappa shape index (κ3) is 6.62. The fraction of sp³-hybridized carbons (Fsp3) is 0.667. The molecule has 0 spiro atoms. The van der Waals surface area contributed by atoms with Gasteiger partial charge in [-0.05, 0) is 77.3 Å². The Morgan fingerprint density at radius 1 is 1.08 bits per heavy atom. The van der Waals surface area contributed by atoms with Crippen LogP contribution >= 0.6 is 0 Å². The average molecular weight is 539 g/mol. The van der Waals surface area contributed by atoms with E-state index in [4.69, 9.17) is 4.74 Å². The lowest BCUT2D eigenvalue weighted by molar-refractivity contribution is -0.153. The number of nitrogens with one attached hydrogen (secondary N) is 2. The van der Waals surface area contributed by atoms with Crippen molar-refractivity contribution in [3.8, 4) is 0 Å². The van der Waals surface area contributed by atoms with Crippen molar-refractivity contribution in [2.24, 2.45) is 5.92 Å². The molecule has 3 fully saturated rings. The lowest BCUT2D eigenvalue weighted by atomic mass is 9.89. The van der Waals surface area contributed by atoms with Crippen LogP contribution in [-0.2, 0) is 25.7 Å². The summed E-state index contributed by atoms with van der Waals surface area (Å²) in [6.45, 7) is 7.21. The third-order valence-corrected chi connectivity index (χ3v) is 8.43. The maximum Gasteiger partial charge on any atom is 0.320 e. The Balaban J connectivity index is 1.27. The SMILES string of the molecule is CC(C)(C)OC(=O)CNC1CCC(N(CCC2CC2)c2cccc3c2CN(C2CCC(=O)NC2=O)C3=O)CC1. The second-order valence-electron chi connectivity index (χ2n) is 12.6. The predicted molar refractivity (Wildman–Crippen MR) is 147 cm³/mol. The molecule has 1 aromatic carbocycles. The van der Waals surface area contributed by atoms with E-state index in [9.17, 15) is 19.2 Å². The molecule has 2 aliphatic heterocycles. The molecule has 0 bridgehead atoms. The number of carbonyl (C=O) groups excluding carboxylic acids is 4. The second kappa shape index (κ2) is 11.3. The standard InChI is InChI=1S/C30H42N4O5/c1-30(2,3)39-27(36)17-31-20-9-11-21(12-10-20)33(16-15-19-7-8-19)24-6-4-5-22-23(24)18-34(29(22)38)25-13-14-26(35)32-28(25)37/h4-6,19-21,25,31H,7-18H2,1-3H3,(H,32,35,37). The fourth-order valence-corrected chi connectivity index (χ4v) is 6.26. The number of amides is 3. The fourth-order valence-electron chi connectivity index (χ4n) is 6.26. The molecule has 2 saturated carbocycles. The Morgan fingerprint density at radius 2 is 1.82 bits per heavy atom. The number of nitrogens with zero attached hydrogens (tertiary/aromatic N) is 2. The monoisotopic (exact) mass is 538 g/mol. The molecule has 0 radical (unpaired) electrons. The average Bonchev–Trinajstić information content (AvgIpc) is 3.65. The van der Waals surface area contributed by atoms with Crippen LogP contribution in [-0.4, -0.2) is 65.4 Å². The van der Waals surface area contributed by atoms with Crippen molar-refractivity contribution in [1.82, 2.24) is 15.5 Å². The number of anilines is 1. The van der Waals surface area contributed by atoms with Crippen LogP contribution in [0.25, 0.3) is 0 Å². The number of benzene rings is 1. The molecule has 1 atom stereocenters. The van der Waals surface area contributed by atoms with Crippen LogP contribution in [0.4, 0.5) is 5.69 Å². The van der Waals surface area contributed by atoms with Crippen LogP contribution in [0.15, 0.2) is 18.2 Å². The Bertz CT molecular complexity index is 1120. The molecule has 39 heavy (non-hydrogen) atoms. The van der Waals surface area contributed by atoms with Gasteiger partial charge in [0, 0.05) is 48.4 Å². The highest BCUT2D eigenvalue weighted by molar-refractivity contribution is 6.06. The van der Waals surface area contributed by atoms with Gasteiger partial charge in [0.05, 0.1) is 6.54 Å². The molecule has 1 saturated heterocycles. The summed E-state index contributed by atoms with van der Waals surface area (Å²) in [5.41, 5.74) is 2.28. The van der Waals surface area contributed by atoms with E-state index < -0.39 is 11.6 Å². The van der Waals surface area contributed by atoms with E-state index >= 15 is 0 Å². The zero-order chi connectivity index (χ0) is 27.7. The molecule has 9 heteroatoms. The van der Waals surface area contributed by atoms with E-state index in [0.29, 0.717) is 24.6 Å². The number of hydrogen-bond acceptors (Lipinski definition) is 7. The van der Waals surface area contributed by atoms with E-state index in [1.165, 1.54) is 12.8 Å². The van der Waals surface area contributed by atoms with Gasteiger partial charge in [-0.15, -0.1) is 0 Å². The van der Waals surface area contributed by atoms with Gasteiger partial charge in [-0.3, -0.25) is 24.5 Å². The zero-order valence-electron chi connectivity index (χ0n) is 23.5. The van der Waals surface area contributed by atoms with E-state index in [-0.39, 0.29) is 42.7 Å². The minimum Gasteiger partial charge on any atom is -0.459 e. The molecule has 2 heterocycles. The molecule has 1 aromatic rings. The van der Waals surface area contributed by atoms with Crippen LogP contribution in [0.5, 0.6) is 0 Å². The van der Waals surface area contributed by atoms with E-state index in [1.54, 1.807) is 4.90 Å². The van der Waals surface area contributed by atoms with Crippen LogP contribution in [0.1, 0.15) is 94.5 Å². The summed E-state index contributed by atoms with van der Waals surface area (Å²) in [6.07, 6.45) is 8.32. The van der Waals surface area contributed by atoms with Crippen LogP contribution < -0.4 is 15.5 Å². The molecule has 0 aromatic heterocycles. The first-order valence-corrected chi connectivity index (χ1v) is 14.6. The zero-order valence-corrected chi connectivity index (χ0v) is 23.5. The van der Waals surface area contributed by atoms with Gasteiger partial charge in [-0.25, -0.2) is 0 Å². The smallest absolute Gasteiger partial charge is 0.320 e. The number of carbonyl (C=O) groups is 4. The number of ether oxygens (including phenoxy) is 1. The summed E-state index contributed by atoms with van der Waals surface area (Å²) >= 11 is 0. The van der Waals surface area contributed by atoms with E-state index in [0.717, 1.165) is 55.8 Å². The van der Waals surface area contributed by atoms with Crippen LogP contribution in [0.2, 0.25) is 0 Å². The van der Waals surface area contributed by atoms with Gasteiger partial charge in [0.2, 0.25) is 11.8 Å². The summed E-state index contributed by atoms with van der Waals surface area (Å²) < 4.78 is 5.44. The summed E-state index contributed by atoms with van der Waals surface area (Å²) in [5.74, 6) is -0.211. The summed E-state index contributed by atoms with van der Waals surface area (Å²) in [7, 11) is 0. The normalized spacial score (nSPS) is 25.4. The first-order valence-electron chi connectivity index (χ1n) is 14.6. The van der Waals surface area contributed by atoms with Crippen molar-refractivity contribution in [2.75, 3.05) is 18.0 Å². The van der Waals surface area contributed by atoms with Crippen molar-refractivity contribution in [3.05, 3.63) is 29.3 Å². The van der Waals surface area contributed by atoms with E-state index in [2.05, 4.69) is 21.6 Å². The van der Waals surface area contributed by atoms with Crippen LogP contribution in [0.3, 0.4) is 0 Å². The van der Waals surface area contributed by atoms with Crippen molar-refractivity contribution in [2.45, 2.75) is 109 Å². The van der Waals surface area contributed by atoms with Gasteiger partial charge >= 0.3 is 5.97 Å². The maximum absolute atomic E-state index is 13.4. The summed E-state index contributed by atoms with van der Waals surface area (Å²) in [5, 5.41) is 5.79. The largest absolute Gasteiger partial charge is 0.459 e. The molecule has 2 N–H and O–H groups in total. The molecular formula is C30H42N4O5. The van der Waals surface area contributed by atoms with E-state index in [1.807, 2.05) is 32.9 Å². The highest BCUT2D eigenvalue weighted by Crippen LogP contribution is 2.39. The molecule has 9 nitrogen and oxygen atoms in total. The highest BCUT2D eigenvalue weighted by atomic mass is 16.6. The van der Waals surface area contributed by atoms with Crippen molar-refractivity contribution in [3.63, 3.8) is 0 Å². The lowest BCUT2D eigenvalue weighted by Crippen LogP contribution is -2.52. The summed E-state index contributed by atoms with van der Waals surface area (Å²) in [4.78, 5) is 54.0. The van der Waals surface area contributed by atoms with Gasteiger partial charge in [0.1, 0.15) is 11.6 Å². The van der Waals surface area contributed by atoms with Gasteiger partial charge in [0.25, 0.3) is 5.91 Å². The number of imide groups is 1. The molecule has 3 amide bonds. The topological polar surface area (TPSA) is 108 Å². The number of fused-ring (bicyclic) bond motifs is 1. The Labute approximate surface area is 231 Å². The third-order valence-electron chi connectivity index (χ3n) is 8.43. The maximum atomic E-state index is 13.4. The number of hydrogen-bond donors (Lipinski definition) is 2. The minimum atomic E-state index is -0.609. The number of piperidine rings is 1. The van der Waals surface area contributed by atoms with Crippen LogP contribution in [0, 0.1) is 5.92 Å². The first kappa shape index (κ1) is 27.6. The van der Waals surface area contributed by atoms with Gasteiger partial charge < -0.3 is 19.9 Å². The van der Waals surface area contributed by atoms with Crippen molar-refractivity contribution >= 4 is 29.4 Å². The molecule has 5 rings (SSSR count). The molecular weight excluding hydrogens is 496 g/mol. The van der Waals surface area contributed by atoms with Gasteiger partial charge in [-0.2, -0.15) is 0 Å². The summed E-state index contributed by atoms with van der Waals surface area (Å²) in [6, 6.07) is 5.98.